The highest BCUT2D eigenvalue weighted by molar-refractivity contribution is 5.93. The Morgan fingerprint density at radius 3 is 2.33 bits per heavy atom. The maximum Gasteiger partial charge on any atom is 0.339 e. The number of aromatic nitrogens is 2. The van der Waals surface area contributed by atoms with Crippen LogP contribution >= 0.6 is 0 Å². The summed E-state index contributed by atoms with van der Waals surface area (Å²) in [7, 11) is 0. The second-order valence-corrected chi connectivity index (χ2v) is 9.03. The van der Waals surface area contributed by atoms with Gasteiger partial charge in [-0.25, -0.2) is 14.4 Å². The molecule has 1 aliphatic heterocycles. The van der Waals surface area contributed by atoms with Crippen molar-refractivity contribution in [1.82, 2.24) is 9.55 Å². The first-order chi connectivity index (χ1) is 17.1. The lowest BCUT2D eigenvalue weighted by atomic mass is 10.00. The number of benzene rings is 2. The number of hydrogen-bond acceptors (Lipinski definition) is 7. The Labute approximate surface area is 207 Å². The molecule has 36 heavy (non-hydrogen) atoms. The van der Waals surface area contributed by atoms with E-state index >= 15 is 0 Å². The molecule has 0 spiro atoms. The Kier molecular flexibility index (Phi) is 7.21. The molecule has 1 unspecified atom stereocenters. The zero-order valence-corrected chi connectivity index (χ0v) is 20.6. The minimum Gasteiger partial charge on any atom is -0.459 e. The van der Waals surface area contributed by atoms with Crippen molar-refractivity contribution in [2.45, 2.75) is 52.6 Å². The second-order valence-electron chi connectivity index (χ2n) is 9.03. The van der Waals surface area contributed by atoms with Crippen molar-refractivity contribution in [3.05, 3.63) is 103 Å². The Morgan fingerprint density at radius 2 is 1.67 bits per heavy atom. The zero-order valence-electron chi connectivity index (χ0n) is 20.6. The molecule has 0 radical (unpaired) electrons. The van der Waals surface area contributed by atoms with Crippen LogP contribution in [0.15, 0.2) is 58.3 Å². The van der Waals surface area contributed by atoms with Crippen molar-refractivity contribution in [2.75, 3.05) is 6.61 Å². The normalized spacial score (nSPS) is 19.2. The SMILES string of the molecule is Cc1cc(C)c(C(=O)O[C@H]2CC(n3cc(C)c(=O)[nH]c3=O)O[C@@H]2COC(=O)c2ccccc2)c(C)c1. The van der Waals surface area contributed by atoms with E-state index in [9.17, 15) is 19.2 Å². The van der Waals surface area contributed by atoms with Gasteiger partial charge in [0.05, 0.1) is 11.1 Å². The van der Waals surface area contributed by atoms with Crippen LogP contribution in [-0.2, 0) is 14.2 Å². The van der Waals surface area contributed by atoms with E-state index in [0.29, 0.717) is 16.7 Å². The van der Waals surface area contributed by atoms with Gasteiger partial charge in [-0.1, -0.05) is 35.9 Å². The molecule has 3 atom stereocenters. The fourth-order valence-electron chi connectivity index (χ4n) is 4.46. The number of carbonyl (C=O) groups excluding carboxylic acids is 2. The summed E-state index contributed by atoms with van der Waals surface area (Å²) >= 11 is 0. The molecule has 2 aromatic carbocycles. The third-order valence-corrected chi connectivity index (χ3v) is 6.16. The van der Waals surface area contributed by atoms with Crippen LogP contribution < -0.4 is 11.2 Å². The highest BCUT2D eigenvalue weighted by Crippen LogP contribution is 2.31. The van der Waals surface area contributed by atoms with Gasteiger partial charge in [-0.3, -0.25) is 14.3 Å². The maximum atomic E-state index is 13.2. The average Bonchev–Trinajstić information content (AvgIpc) is 3.21. The van der Waals surface area contributed by atoms with Crippen LogP contribution in [-0.4, -0.2) is 40.3 Å². The first-order valence-electron chi connectivity index (χ1n) is 11.6. The molecule has 1 saturated heterocycles. The summed E-state index contributed by atoms with van der Waals surface area (Å²) in [4.78, 5) is 52.1. The fraction of sp³-hybridized carbons (Fsp3) is 0.333. The molecule has 1 aliphatic rings. The molecular formula is C27H28N2O7. The molecule has 9 nitrogen and oxygen atoms in total. The third-order valence-electron chi connectivity index (χ3n) is 6.16. The molecule has 1 N–H and O–H groups in total. The first-order valence-corrected chi connectivity index (χ1v) is 11.6. The van der Waals surface area contributed by atoms with Gasteiger partial charge < -0.3 is 14.2 Å². The number of aryl methyl sites for hydroxylation is 4. The Hall–Kier alpha value is -3.98. The van der Waals surface area contributed by atoms with Crippen molar-refractivity contribution in [3.63, 3.8) is 0 Å². The Balaban J connectivity index is 1.58. The van der Waals surface area contributed by atoms with Crippen LogP contribution in [0.25, 0.3) is 0 Å². The minimum absolute atomic E-state index is 0.134. The highest BCUT2D eigenvalue weighted by atomic mass is 16.6. The van der Waals surface area contributed by atoms with Gasteiger partial charge in [0.1, 0.15) is 25.0 Å². The second kappa shape index (κ2) is 10.3. The number of H-pyrrole nitrogens is 1. The maximum absolute atomic E-state index is 13.2. The predicted molar refractivity (Wildman–Crippen MR) is 131 cm³/mol. The molecule has 188 valence electrons. The van der Waals surface area contributed by atoms with Gasteiger partial charge in [0.2, 0.25) is 0 Å². The molecular weight excluding hydrogens is 464 g/mol. The molecule has 2 heterocycles. The zero-order chi connectivity index (χ0) is 26.0. The largest absolute Gasteiger partial charge is 0.459 e. The van der Waals surface area contributed by atoms with Gasteiger partial charge >= 0.3 is 17.6 Å². The van der Waals surface area contributed by atoms with Crippen molar-refractivity contribution in [1.29, 1.82) is 0 Å². The van der Waals surface area contributed by atoms with Gasteiger partial charge in [0.15, 0.2) is 0 Å². The average molecular weight is 493 g/mol. The highest BCUT2D eigenvalue weighted by Gasteiger charge is 2.40. The molecule has 1 aromatic heterocycles. The lowest BCUT2D eigenvalue weighted by Gasteiger charge is -2.20. The summed E-state index contributed by atoms with van der Waals surface area (Å²) < 4.78 is 18.6. The number of carbonyl (C=O) groups is 2. The van der Waals surface area contributed by atoms with Crippen LogP contribution in [0.5, 0.6) is 0 Å². The van der Waals surface area contributed by atoms with Gasteiger partial charge in [-0.2, -0.15) is 0 Å². The van der Waals surface area contributed by atoms with Gasteiger partial charge in [-0.05, 0) is 51.0 Å². The van der Waals surface area contributed by atoms with Crippen LogP contribution in [0.2, 0.25) is 0 Å². The van der Waals surface area contributed by atoms with Crippen molar-refractivity contribution in [2.24, 2.45) is 0 Å². The van der Waals surface area contributed by atoms with E-state index in [-0.39, 0.29) is 13.0 Å². The Bertz CT molecular complexity index is 1380. The predicted octanol–water partition coefficient (Wildman–Crippen LogP) is 3.14. The number of nitrogens with zero attached hydrogens (tertiary/aromatic N) is 1. The monoisotopic (exact) mass is 492 g/mol. The molecule has 0 saturated carbocycles. The standard InChI is InChI=1S/C27H28N2O7/c1-15-10-16(2)23(17(3)11-15)26(32)36-20-12-22(29-13-18(4)24(30)28-27(29)33)35-21(20)14-34-25(31)19-8-6-5-7-9-19/h5-11,13,20-22H,12,14H2,1-4H3,(H,28,30,33)/t20-,21+,22?/m0/s1. The lowest BCUT2D eigenvalue weighted by Crippen LogP contribution is -2.33. The summed E-state index contributed by atoms with van der Waals surface area (Å²) in [5, 5.41) is 0. The van der Waals surface area contributed by atoms with E-state index in [1.807, 2.05) is 32.9 Å². The van der Waals surface area contributed by atoms with Crippen molar-refractivity contribution >= 4 is 11.9 Å². The van der Waals surface area contributed by atoms with E-state index in [1.165, 1.54) is 10.8 Å². The molecule has 1 fully saturated rings. The number of hydrogen-bond donors (Lipinski definition) is 1. The lowest BCUT2D eigenvalue weighted by molar-refractivity contribution is -0.0583. The Morgan fingerprint density at radius 1 is 1.00 bits per heavy atom. The van der Waals surface area contributed by atoms with Crippen molar-refractivity contribution < 1.29 is 23.8 Å². The first kappa shape index (κ1) is 25.1. The topological polar surface area (TPSA) is 117 Å². The van der Waals surface area contributed by atoms with Gasteiger partial charge in [0, 0.05) is 18.2 Å². The number of nitrogens with one attached hydrogen (secondary N) is 1. The van der Waals surface area contributed by atoms with E-state index in [1.54, 1.807) is 37.3 Å². The number of rotatable bonds is 6. The van der Waals surface area contributed by atoms with E-state index in [4.69, 9.17) is 14.2 Å². The summed E-state index contributed by atoms with van der Waals surface area (Å²) in [6.45, 7) is 7.01. The summed E-state index contributed by atoms with van der Waals surface area (Å²) in [6, 6.07) is 12.3. The fourth-order valence-corrected chi connectivity index (χ4v) is 4.46. The van der Waals surface area contributed by atoms with Gasteiger partial charge in [-0.15, -0.1) is 0 Å². The van der Waals surface area contributed by atoms with Crippen LogP contribution in [0, 0.1) is 27.7 Å². The van der Waals surface area contributed by atoms with Crippen LogP contribution in [0.1, 0.15) is 55.6 Å². The smallest absolute Gasteiger partial charge is 0.339 e. The minimum atomic E-state index is -0.827. The molecule has 3 aromatic rings. The molecule has 0 aliphatic carbocycles. The molecule has 4 rings (SSSR count). The quantitative estimate of drug-likeness (QED) is 0.526. The van der Waals surface area contributed by atoms with Crippen LogP contribution in [0.3, 0.4) is 0 Å². The summed E-state index contributed by atoms with van der Waals surface area (Å²) in [5.74, 6) is -1.07. The summed E-state index contributed by atoms with van der Waals surface area (Å²) in [5.41, 5.74) is 2.63. The number of ether oxygens (including phenoxy) is 3. The molecule has 0 bridgehead atoms. The van der Waals surface area contributed by atoms with Crippen molar-refractivity contribution in [3.8, 4) is 0 Å². The van der Waals surface area contributed by atoms with E-state index in [0.717, 1.165) is 16.7 Å². The number of aromatic amines is 1. The van der Waals surface area contributed by atoms with E-state index in [2.05, 4.69) is 4.98 Å². The van der Waals surface area contributed by atoms with E-state index < -0.39 is 41.6 Å². The third kappa shape index (κ3) is 5.31. The van der Waals surface area contributed by atoms with Gasteiger partial charge in [0.25, 0.3) is 5.56 Å². The number of esters is 2. The molecule has 9 heteroatoms. The molecule has 0 amide bonds. The summed E-state index contributed by atoms with van der Waals surface area (Å²) in [6.07, 6.45) is -0.917. The van der Waals surface area contributed by atoms with Crippen LogP contribution in [0.4, 0.5) is 0 Å².